The molecule has 1 aliphatic rings. The Bertz CT molecular complexity index is 1670. The van der Waals surface area contributed by atoms with Crippen LogP contribution in [0.25, 0.3) is 11.1 Å². The van der Waals surface area contributed by atoms with Crippen LogP contribution in [0.1, 0.15) is 88.2 Å². The molecule has 4 rings (SSSR count). The molecule has 2 aromatic carbocycles. The molecule has 1 heterocycles. The highest BCUT2D eigenvalue weighted by atomic mass is 19.1. The molecule has 1 aromatic heterocycles. The van der Waals surface area contributed by atoms with Crippen molar-refractivity contribution in [2.45, 2.75) is 96.5 Å². The number of amidine groups is 1. The van der Waals surface area contributed by atoms with Gasteiger partial charge in [0, 0.05) is 23.6 Å². The van der Waals surface area contributed by atoms with Gasteiger partial charge in [-0.2, -0.15) is 4.99 Å². The summed E-state index contributed by atoms with van der Waals surface area (Å²) in [4.78, 5) is 37.7. The zero-order valence-electron chi connectivity index (χ0n) is 26.7. The summed E-state index contributed by atoms with van der Waals surface area (Å²) in [6.07, 6.45) is 3.19. The minimum atomic E-state index is -1.43. The number of rotatable bonds is 11. The fourth-order valence-corrected chi connectivity index (χ4v) is 5.77. The van der Waals surface area contributed by atoms with E-state index in [4.69, 9.17) is 26.3 Å². The van der Waals surface area contributed by atoms with E-state index < -0.39 is 17.5 Å². The van der Waals surface area contributed by atoms with Gasteiger partial charge in [0.2, 0.25) is 5.95 Å². The van der Waals surface area contributed by atoms with Gasteiger partial charge in [0.1, 0.15) is 11.7 Å². The van der Waals surface area contributed by atoms with Crippen molar-refractivity contribution < 1.29 is 24.1 Å². The number of benzene rings is 2. The molecule has 0 bridgehead atoms. The first kappa shape index (κ1) is 34.5. The fraction of sp³-hybridized carbons (Fsp3) is 0.441. The number of nitrogens with zero attached hydrogens (tertiary/aromatic N) is 4. The molecule has 1 saturated carbocycles. The first-order valence-corrected chi connectivity index (χ1v) is 15.6. The summed E-state index contributed by atoms with van der Waals surface area (Å²) in [7, 11) is 0. The van der Waals surface area contributed by atoms with Crippen molar-refractivity contribution in [3.8, 4) is 11.1 Å². The highest BCUT2D eigenvalue weighted by Gasteiger charge is 2.31. The molecule has 0 radical (unpaired) electrons. The second-order valence-corrected chi connectivity index (χ2v) is 12.2. The van der Waals surface area contributed by atoms with Gasteiger partial charge in [0.25, 0.3) is 5.56 Å². The van der Waals surface area contributed by atoms with Gasteiger partial charge in [-0.05, 0) is 75.6 Å². The van der Waals surface area contributed by atoms with Crippen LogP contribution >= 0.6 is 0 Å². The second-order valence-electron chi connectivity index (χ2n) is 12.2. The smallest absolute Gasteiger partial charge is 0.433 e. The summed E-state index contributed by atoms with van der Waals surface area (Å²) in [6, 6.07) is 11.2. The van der Waals surface area contributed by atoms with Gasteiger partial charge in [-0.25, -0.2) is 19.2 Å². The molecular formula is C34H43FN6O5. The molecule has 0 aliphatic heterocycles. The van der Waals surface area contributed by atoms with E-state index in [1.54, 1.807) is 54.8 Å². The lowest BCUT2D eigenvalue weighted by Gasteiger charge is -2.35. The summed E-state index contributed by atoms with van der Waals surface area (Å²) in [5, 5.41) is 19.3. The Hall–Kier alpha value is -4.42. The number of ether oxygens (including phenoxy) is 1. The van der Waals surface area contributed by atoms with Crippen molar-refractivity contribution in [2.24, 2.45) is 21.5 Å². The van der Waals surface area contributed by atoms with Crippen molar-refractivity contribution in [1.82, 2.24) is 9.55 Å². The third-order valence-corrected chi connectivity index (χ3v) is 8.50. The monoisotopic (exact) mass is 634 g/mol. The largest absolute Gasteiger partial charge is 0.463 e. The molecular weight excluding hydrogens is 591 g/mol. The van der Waals surface area contributed by atoms with Gasteiger partial charge in [-0.15, -0.1) is 0 Å². The van der Waals surface area contributed by atoms with Crippen molar-refractivity contribution >= 4 is 24.2 Å². The van der Waals surface area contributed by atoms with E-state index in [2.05, 4.69) is 9.98 Å². The summed E-state index contributed by atoms with van der Waals surface area (Å²) in [5.74, 6) is -0.505. The summed E-state index contributed by atoms with van der Waals surface area (Å²) in [6.45, 7) is 7.26. The van der Waals surface area contributed by atoms with Crippen molar-refractivity contribution in [3.05, 3.63) is 81.0 Å². The molecule has 0 spiro atoms. The van der Waals surface area contributed by atoms with Crippen LogP contribution in [-0.4, -0.2) is 55.8 Å². The number of aryl methyl sites for hydroxylation is 1. The number of amides is 1. The Labute approximate surface area is 267 Å². The van der Waals surface area contributed by atoms with Crippen LogP contribution < -0.4 is 17.0 Å². The van der Waals surface area contributed by atoms with Crippen molar-refractivity contribution in [3.63, 3.8) is 0 Å². The molecule has 246 valence electrons. The van der Waals surface area contributed by atoms with E-state index in [1.807, 2.05) is 13.8 Å². The van der Waals surface area contributed by atoms with E-state index in [-0.39, 0.29) is 42.0 Å². The molecule has 6 N–H and O–H groups in total. The van der Waals surface area contributed by atoms with Crippen LogP contribution in [0, 0.1) is 5.82 Å². The van der Waals surface area contributed by atoms with Crippen LogP contribution in [0.5, 0.6) is 0 Å². The average Bonchev–Trinajstić information content (AvgIpc) is 3.00. The number of hydrogen-bond donors (Lipinski definition) is 4. The number of hydrogen-bond acceptors (Lipinski definition) is 6. The topological polar surface area (TPSA) is 178 Å². The quantitative estimate of drug-likeness (QED) is 0.163. The highest BCUT2D eigenvalue weighted by molar-refractivity contribution is 6.07. The molecule has 1 fully saturated rings. The van der Waals surface area contributed by atoms with Crippen LogP contribution in [0.3, 0.4) is 0 Å². The predicted octanol–water partition coefficient (Wildman–Crippen LogP) is 5.25. The minimum absolute atomic E-state index is 0.0196. The lowest BCUT2D eigenvalue weighted by atomic mass is 9.91. The van der Waals surface area contributed by atoms with Gasteiger partial charge in [0.15, 0.2) is 0 Å². The van der Waals surface area contributed by atoms with Crippen LogP contribution in [0.15, 0.2) is 57.2 Å². The molecule has 46 heavy (non-hydrogen) atoms. The molecule has 0 saturated heterocycles. The van der Waals surface area contributed by atoms with Crippen LogP contribution in [0.4, 0.5) is 15.1 Å². The highest BCUT2D eigenvalue weighted by Crippen LogP contribution is 2.34. The predicted molar refractivity (Wildman–Crippen MR) is 176 cm³/mol. The molecule has 1 atom stereocenters. The second kappa shape index (κ2) is 14.8. The maximum Gasteiger partial charge on any atom is 0.433 e. The lowest BCUT2D eigenvalue weighted by Crippen LogP contribution is -2.40. The molecule has 1 aliphatic carbocycles. The molecule has 12 heteroatoms. The van der Waals surface area contributed by atoms with Gasteiger partial charge < -0.3 is 26.4 Å². The Balaban J connectivity index is 1.68. The van der Waals surface area contributed by atoms with E-state index in [0.717, 1.165) is 6.34 Å². The van der Waals surface area contributed by atoms with E-state index >= 15 is 4.39 Å². The number of aliphatic imine (C=N–C) groups is 2. The lowest BCUT2D eigenvalue weighted by molar-refractivity contribution is -0.118. The number of nitrogens with two attached hydrogens (primary N) is 2. The first-order chi connectivity index (χ1) is 21.8. The fourth-order valence-electron chi connectivity index (χ4n) is 5.77. The van der Waals surface area contributed by atoms with Crippen LogP contribution in [-0.2, 0) is 17.6 Å². The van der Waals surface area contributed by atoms with Gasteiger partial charge in [-0.3, -0.25) is 9.36 Å². The standard InChI is InChI=1S/C34H43FN6O5/c1-5-8-29-27(17-22-12-11-21(18-28(22)35)25-9-6-7-10-26(25)30(37)40-33(43)44)31(42)41(32(39-29)38-19-36)23-13-15-24(16-14-23)46-20(2)34(3,4)45/h6-7,9-12,18-20,23-24,45H,5,8,13-17H2,1-4H3,(H2,37,40)(H,43,44)(H2,36,38,39). The third kappa shape index (κ3) is 8.04. The zero-order chi connectivity index (χ0) is 33.6. The molecule has 1 unspecified atom stereocenters. The number of carboxylic acid groups (broad SMARTS) is 1. The van der Waals surface area contributed by atoms with Gasteiger partial charge >= 0.3 is 6.09 Å². The number of aliphatic hydroxyl groups is 1. The molecule has 1 amide bonds. The maximum atomic E-state index is 15.7. The Morgan fingerprint density at radius 1 is 1.22 bits per heavy atom. The summed E-state index contributed by atoms with van der Waals surface area (Å²) < 4.78 is 23.4. The summed E-state index contributed by atoms with van der Waals surface area (Å²) in [5.41, 5.74) is 13.0. The minimum Gasteiger partial charge on any atom is -0.463 e. The Kier molecular flexibility index (Phi) is 11.1. The van der Waals surface area contributed by atoms with Crippen molar-refractivity contribution in [2.75, 3.05) is 0 Å². The number of aromatic nitrogens is 2. The number of halogens is 1. The van der Waals surface area contributed by atoms with Crippen LogP contribution in [0.2, 0.25) is 0 Å². The Morgan fingerprint density at radius 2 is 1.91 bits per heavy atom. The van der Waals surface area contributed by atoms with Gasteiger partial charge in [-0.1, -0.05) is 49.7 Å². The van der Waals surface area contributed by atoms with E-state index in [1.165, 1.54) is 6.07 Å². The average molecular weight is 635 g/mol. The molecule has 11 nitrogen and oxygen atoms in total. The molecule has 3 aromatic rings. The first-order valence-electron chi connectivity index (χ1n) is 15.6. The van der Waals surface area contributed by atoms with E-state index in [0.29, 0.717) is 72.0 Å². The van der Waals surface area contributed by atoms with E-state index in [9.17, 15) is 14.7 Å². The van der Waals surface area contributed by atoms with Crippen molar-refractivity contribution in [1.29, 1.82) is 0 Å². The summed E-state index contributed by atoms with van der Waals surface area (Å²) >= 11 is 0. The Morgan fingerprint density at radius 3 is 2.52 bits per heavy atom. The van der Waals surface area contributed by atoms with Gasteiger partial charge in [0.05, 0.1) is 29.8 Å². The third-order valence-electron chi connectivity index (χ3n) is 8.50. The normalized spacial score (nSPS) is 18.2. The number of carbonyl (C=O) groups is 1. The zero-order valence-corrected chi connectivity index (χ0v) is 26.7. The maximum absolute atomic E-state index is 15.7. The SMILES string of the molecule is CCCc1nc(N=CN)n(C2CCC(OC(C)C(C)(C)O)CC2)c(=O)c1Cc1ccc(-c2ccccc2C(N)=NC(=O)O)cc1F.